The molecular formula is C13H16N4O2. The Labute approximate surface area is 111 Å². The highest BCUT2D eigenvalue weighted by molar-refractivity contribution is 5.35. The molecule has 2 aromatic rings. The molecule has 0 amide bonds. The molecular weight excluding hydrogens is 244 g/mol. The number of methoxy groups -OCH3 is 1. The fourth-order valence-corrected chi connectivity index (χ4v) is 1.62. The maximum absolute atomic E-state index is 9.68. The molecule has 1 N–H and O–H groups in total. The zero-order valence-electron chi connectivity index (χ0n) is 10.7. The first-order chi connectivity index (χ1) is 9.29. The molecule has 0 spiro atoms. The number of ether oxygens (including phenoxy) is 1. The van der Waals surface area contributed by atoms with Crippen molar-refractivity contribution in [2.45, 2.75) is 12.6 Å². The third-order valence-corrected chi connectivity index (χ3v) is 2.47. The molecule has 2 rings (SSSR count). The fourth-order valence-electron chi connectivity index (χ4n) is 1.62. The summed E-state index contributed by atoms with van der Waals surface area (Å²) >= 11 is 0. The van der Waals surface area contributed by atoms with Crippen molar-refractivity contribution < 1.29 is 9.84 Å². The van der Waals surface area contributed by atoms with E-state index >= 15 is 0 Å². The average Bonchev–Trinajstić information content (AvgIpc) is 2.85. The van der Waals surface area contributed by atoms with Crippen LogP contribution < -0.4 is 0 Å². The maximum atomic E-state index is 9.68. The second-order valence-corrected chi connectivity index (χ2v) is 4.02. The van der Waals surface area contributed by atoms with E-state index in [2.05, 4.69) is 15.2 Å². The van der Waals surface area contributed by atoms with Crippen molar-refractivity contribution >= 4 is 11.6 Å². The monoisotopic (exact) mass is 260 g/mol. The summed E-state index contributed by atoms with van der Waals surface area (Å²) in [5.74, 6) is 0.457. The average molecular weight is 260 g/mol. The summed E-state index contributed by atoms with van der Waals surface area (Å²) in [6, 6.07) is 9.42. The predicted molar refractivity (Wildman–Crippen MR) is 70.7 cm³/mol. The van der Waals surface area contributed by atoms with Gasteiger partial charge in [0.1, 0.15) is 0 Å². The Bertz CT molecular complexity index is 524. The summed E-state index contributed by atoms with van der Waals surface area (Å²) in [6.07, 6.45) is 2.78. The summed E-state index contributed by atoms with van der Waals surface area (Å²) < 4.78 is 6.62. The molecule has 0 saturated heterocycles. The Hall–Kier alpha value is -2.05. The number of nitrogens with zero attached hydrogens (tertiary/aromatic N) is 4. The van der Waals surface area contributed by atoms with Gasteiger partial charge in [-0.15, -0.1) is 10.2 Å². The summed E-state index contributed by atoms with van der Waals surface area (Å²) in [7, 11) is 1.55. The minimum Gasteiger partial charge on any atom is -0.389 e. The van der Waals surface area contributed by atoms with Gasteiger partial charge >= 0.3 is 0 Å². The highest BCUT2D eigenvalue weighted by atomic mass is 16.5. The molecule has 1 unspecified atom stereocenters. The van der Waals surface area contributed by atoms with E-state index in [1.807, 2.05) is 30.3 Å². The van der Waals surface area contributed by atoms with Crippen LogP contribution in [0.3, 0.4) is 0 Å². The summed E-state index contributed by atoms with van der Waals surface area (Å²) in [4.78, 5) is 4.10. The minimum absolute atomic E-state index is 0.271. The third kappa shape index (κ3) is 3.97. The van der Waals surface area contributed by atoms with Crippen LogP contribution in [0.1, 0.15) is 0 Å². The number of azo groups is 1. The van der Waals surface area contributed by atoms with E-state index in [0.29, 0.717) is 12.5 Å². The van der Waals surface area contributed by atoms with Crippen molar-refractivity contribution in [3.63, 3.8) is 0 Å². The summed E-state index contributed by atoms with van der Waals surface area (Å²) in [6.45, 7) is 0.643. The van der Waals surface area contributed by atoms with E-state index in [4.69, 9.17) is 4.74 Å². The Balaban J connectivity index is 2.05. The van der Waals surface area contributed by atoms with Crippen LogP contribution in [0, 0.1) is 0 Å². The molecule has 0 aliphatic rings. The number of imidazole rings is 1. The first-order valence-corrected chi connectivity index (χ1v) is 5.94. The fraction of sp³-hybridized carbons (Fsp3) is 0.308. The number of rotatable bonds is 6. The lowest BCUT2D eigenvalue weighted by molar-refractivity contribution is 0.0539. The summed E-state index contributed by atoms with van der Waals surface area (Å²) in [5.41, 5.74) is 0.759. The molecule has 19 heavy (non-hydrogen) atoms. The largest absolute Gasteiger partial charge is 0.389 e. The maximum Gasteiger partial charge on any atom is 0.249 e. The van der Waals surface area contributed by atoms with Crippen LogP contribution in [0.4, 0.5) is 11.6 Å². The van der Waals surface area contributed by atoms with Gasteiger partial charge in [-0.25, -0.2) is 4.98 Å². The molecule has 1 heterocycles. The van der Waals surface area contributed by atoms with Crippen molar-refractivity contribution in [1.82, 2.24) is 9.55 Å². The van der Waals surface area contributed by atoms with Gasteiger partial charge < -0.3 is 14.4 Å². The molecule has 0 bridgehead atoms. The lowest BCUT2D eigenvalue weighted by atomic mass is 10.3. The van der Waals surface area contributed by atoms with E-state index in [9.17, 15) is 5.11 Å². The van der Waals surface area contributed by atoms with Crippen LogP contribution in [0.2, 0.25) is 0 Å². The molecule has 6 heteroatoms. The third-order valence-electron chi connectivity index (χ3n) is 2.47. The van der Waals surface area contributed by atoms with Gasteiger partial charge in [-0.3, -0.25) is 0 Å². The Morgan fingerprint density at radius 3 is 2.84 bits per heavy atom. The molecule has 0 saturated carbocycles. The van der Waals surface area contributed by atoms with Gasteiger partial charge in [-0.2, -0.15) is 0 Å². The van der Waals surface area contributed by atoms with Crippen molar-refractivity contribution in [2.24, 2.45) is 10.2 Å². The van der Waals surface area contributed by atoms with Gasteiger partial charge in [0.25, 0.3) is 0 Å². The lowest BCUT2D eigenvalue weighted by Crippen LogP contribution is -2.20. The van der Waals surface area contributed by atoms with E-state index in [1.165, 1.54) is 0 Å². The minimum atomic E-state index is -0.593. The van der Waals surface area contributed by atoms with Gasteiger partial charge in [0.05, 0.1) is 24.9 Å². The molecule has 6 nitrogen and oxygen atoms in total. The van der Waals surface area contributed by atoms with Crippen LogP contribution in [0.5, 0.6) is 0 Å². The first-order valence-electron chi connectivity index (χ1n) is 5.94. The summed E-state index contributed by atoms with van der Waals surface area (Å²) in [5, 5.41) is 17.9. The van der Waals surface area contributed by atoms with E-state index < -0.39 is 6.10 Å². The van der Waals surface area contributed by atoms with Gasteiger partial charge in [0, 0.05) is 19.5 Å². The number of hydrogen-bond donors (Lipinski definition) is 1. The molecule has 0 radical (unpaired) electrons. The van der Waals surface area contributed by atoms with Crippen LogP contribution >= 0.6 is 0 Å². The quantitative estimate of drug-likeness (QED) is 0.810. The number of aromatic nitrogens is 2. The predicted octanol–water partition coefficient (Wildman–Crippen LogP) is 2.31. The van der Waals surface area contributed by atoms with Crippen LogP contribution in [-0.4, -0.2) is 34.5 Å². The number of aliphatic hydroxyl groups is 1. The van der Waals surface area contributed by atoms with Crippen molar-refractivity contribution in [3.05, 3.63) is 42.7 Å². The number of aliphatic hydroxyl groups excluding tert-OH is 1. The van der Waals surface area contributed by atoms with E-state index in [1.54, 1.807) is 24.1 Å². The Morgan fingerprint density at radius 1 is 1.32 bits per heavy atom. The van der Waals surface area contributed by atoms with Crippen LogP contribution in [0.25, 0.3) is 0 Å². The van der Waals surface area contributed by atoms with Crippen molar-refractivity contribution in [1.29, 1.82) is 0 Å². The van der Waals surface area contributed by atoms with Gasteiger partial charge in [0.2, 0.25) is 5.95 Å². The molecule has 0 fully saturated rings. The molecule has 1 aromatic carbocycles. The van der Waals surface area contributed by atoms with Crippen molar-refractivity contribution in [2.75, 3.05) is 13.7 Å². The van der Waals surface area contributed by atoms with E-state index in [-0.39, 0.29) is 6.61 Å². The van der Waals surface area contributed by atoms with Crippen LogP contribution in [0.15, 0.2) is 53.0 Å². The molecule has 0 aliphatic carbocycles. The topological polar surface area (TPSA) is 72.0 Å². The van der Waals surface area contributed by atoms with Gasteiger partial charge in [-0.05, 0) is 12.1 Å². The molecule has 1 atom stereocenters. The number of benzene rings is 1. The lowest BCUT2D eigenvalue weighted by Gasteiger charge is -2.10. The second-order valence-electron chi connectivity index (χ2n) is 4.02. The highest BCUT2D eigenvalue weighted by Gasteiger charge is 2.08. The second kappa shape index (κ2) is 6.77. The number of hydrogen-bond acceptors (Lipinski definition) is 5. The SMILES string of the molecule is COCC(O)Cn1ccnc1N=Nc1ccccc1. The smallest absolute Gasteiger partial charge is 0.249 e. The van der Waals surface area contributed by atoms with Crippen molar-refractivity contribution in [3.8, 4) is 0 Å². The Morgan fingerprint density at radius 2 is 2.11 bits per heavy atom. The van der Waals surface area contributed by atoms with E-state index in [0.717, 1.165) is 5.69 Å². The Kier molecular flexibility index (Phi) is 4.77. The molecule has 1 aromatic heterocycles. The molecule has 0 aliphatic heterocycles. The van der Waals surface area contributed by atoms with Gasteiger partial charge in [-0.1, -0.05) is 18.2 Å². The zero-order valence-corrected chi connectivity index (χ0v) is 10.7. The first kappa shape index (κ1) is 13.4. The normalized spacial score (nSPS) is 12.9. The highest BCUT2D eigenvalue weighted by Crippen LogP contribution is 2.16. The standard InChI is InChI=1S/C13H16N4O2/c1-19-10-12(18)9-17-8-7-14-13(17)16-15-11-5-3-2-4-6-11/h2-8,12,18H,9-10H2,1H3. The molecule has 100 valence electrons. The zero-order chi connectivity index (χ0) is 13.5. The van der Waals surface area contributed by atoms with Gasteiger partial charge in [0.15, 0.2) is 0 Å². The van der Waals surface area contributed by atoms with Crippen LogP contribution in [-0.2, 0) is 11.3 Å².